The van der Waals surface area contributed by atoms with Crippen LogP contribution in [0.15, 0.2) is 114 Å². The SMILES string of the molecule is Cc1ccc(C(=O)N(CCCNC(=O)OCc2ccc(NC(=O)[C@H](CCCNC(N)=O)NC(=O)[C@@H](NC(=O)CCCCCN3C(=O)C=CC3=O)C(C)C)cc2)[C@@H](c2nc3cc(Cl)ccc3c(=O)n2Cc2ccccc2)C(C)C)cc1. The summed E-state index contributed by atoms with van der Waals surface area (Å²) < 4.78 is 7.16. The summed E-state index contributed by atoms with van der Waals surface area (Å²) >= 11 is 6.41. The average molecular weight is 1120 g/mol. The molecule has 5 aromatic rings. The number of amides is 9. The monoisotopic (exact) mass is 1110 g/mol. The molecule has 0 fully saturated rings. The summed E-state index contributed by atoms with van der Waals surface area (Å²) in [6.45, 7) is 10.2. The quantitative estimate of drug-likeness (QED) is 0.0218. The van der Waals surface area contributed by atoms with Gasteiger partial charge in [0.2, 0.25) is 17.7 Å². The molecule has 4 aromatic carbocycles. The molecule has 0 bridgehead atoms. The van der Waals surface area contributed by atoms with Crippen molar-refractivity contribution in [3.8, 4) is 0 Å². The molecule has 80 heavy (non-hydrogen) atoms. The number of aryl methyl sites for hydroxylation is 1. The van der Waals surface area contributed by atoms with Crippen LogP contribution in [0.2, 0.25) is 5.02 Å². The molecule has 2 heterocycles. The molecule has 0 saturated heterocycles. The summed E-state index contributed by atoms with van der Waals surface area (Å²) in [4.78, 5) is 125. The molecule has 0 spiro atoms. The largest absolute Gasteiger partial charge is 0.445 e. The lowest BCUT2D eigenvalue weighted by Crippen LogP contribution is -2.54. The normalized spacial score (nSPS) is 13.2. The molecule has 0 saturated carbocycles. The maximum Gasteiger partial charge on any atom is 0.407 e. The van der Waals surface area contributed by atoms with Gasteiger partial charge in [-0.3, -0.25) is 43.0 Å². The van der Waals surface area contributed by atoms with E-state index in [-0.39, 0.29) is 99.6 Å². The summed E-state index contributed by atoms with van der Waals surface area (Å²) in [6.07, 6.45) is 4.11. The van der Waals surface area contributed by atoms with Crippen molar-refractivity contribution >= 4 is 75.8 Å². The van der Waals surface area contributed by atoms with E-state index in [1.807, 2.05) is 63.2 Å². The standard InChI is InChI=1S/C59H71ClN10O10/c1-37(2)51(67-48(71)17-10-7-11-32-68-49(72)28-29-50(68)73)55(75)66-46(16-12-30-62-58(61)78)54(74)64-44-25-20-41(21-26-44)36-80-59(79)63-31-13-33-69(56(76)42-22-18-39(5)19-23-42)52(38(3)4)53-65-47-34-43(60)24-27-45(47)57(77)70(53)35-40-14-8-6-9-15-40/h6,8-9,14-15,18-29,34,37-38,46,51-52H,7,10-13,16-17,30-33,35-36H2,1-5H3,(H,63,79)(H,64,74)(H,66,75)(H,67,71)(H3,61,62,78)/t46-,51-,52+/m0/s1. The molecule has 6 rings (SSSR count). The number of halogens is 1. The minimum Gasteiger partial charge on any atom is -0.445 e. The Hall–Kier alpha value is -8.39. The Morgan fingerprint density at radius 2 is 1.43 bits per heavy atom. The highest BCUT2D eigenvalue weighted by Gasteiger charge is 2.34. The highest BCUT2D eigenvalue weighted by molar-refractivity contribution is 6.31. The van der Waals surface area contributed by atoms with Gasteiger partial charge in [-0.05, 0) is 104 Å². The zero-order chi connectivity index (χ0) is 57.9. The number of hydrogen-bond acceptors (Lipinski definition) is 11. The highest BCUT2D eigenvalue weighted by Crippen LogP contribution is 2.31. The minimum atomic E-state index is -1.08. The van der Waals surface area contributed by atoms with E-state index in [4.69, 9.17) is 27.1 Å². The number of rotatable bonds is 28. The number of primary amides is 1. The number of hydrogen-bond donors (Lipinski definition) is 6. The van der Waals surface area contributed by atoms with Crippen molar-refractivity contribution in [2.45, 2.75) is 111 Å². The number of nitrogens with two attached hydrogens (primary N) is 1. The number of aromatic nitrogens is 2. The van der Waals surface area contributed by atoms with Crippen molar-refractivity contribution in [3.63, 3.8) is 0 Å². The molecule has 1 aliphatic rings. The first-order valence-electron chi connectivity index (χ1n) is 26.9. The predicted molar refractivity (Wildman–Crippen MR) is 304 cm³/mol. The molecule has 7 N–H and O–H groups in total. The van der Waals surface area contributed by atoms with Crippen molar-refractivity contribution in [1.82, 2.24) is 40.6 Å². The Labute approximate surface area is 470 Å². The Morgan fingerprint density at radius 1 is 0.738 bits per heavy atom. The topological polar surface area (TPSA) is 273 Å². The summed E-state index contributed by atoms with van der Waals surface area (Å²) in [6, 6.07) is 24.8. The van der Waals surface area contributed by atoms with E-state index in [0.717, 1.165) is 16.0 Å². The molecule has 424 valence electrons. The van der Waals surface area contributed by atoms with Gasteiger partial charge in [0.1, 0.15) is 24.5 Å². The van der Waals surface area contributed by atoms with Crippen LogP contribution >= 0.6 is 11.6 Å². The van der Waals surface area contributed by atoms with Gasteiger partial charge in [0.15, 0.2) is 0 Å². The molecule has 21 heteroatoms. The van der Waals surface area contributed by atoms with Crippen LogP contribution < -0.4 is 37.9 Å². The summed E-state index contributed by atoms with van der Waals surface area (Å²) in [5.41, 5.74) is 8.66. The van der Waals surface area contributed by atoms with Gasteiger partial charge in [0.25, 0.3) is 23.3 Å². The predicted octanol–water partition coefficient (Wildman–Crippen LogP) is 7.06. The lowest BCUT2D eigenvalue weighted by atomic mass is 9.98. The fourth-order valence-corrected chi connectivity index (χ4v) is 9.31. The van der Waals surface area contributed by atoms with E-state index in [1.165, 1.54) is 12.2 Å². The smallest absolute Gasteiger partial charge is 0.407 e. The molecule has 0 unspecified atom stereocenters. The summed E-state index contributed by atoms with van der Waals surface area (Å²) in [5.74, 6) is -2.68. The average Bonchev–Trinajstić information content (AvgIpc) is 3.83. The number of imide groups is 1. The van der Waals surface area contributed by atoms with E-state index in [1.54, 1.807) is 77.9 Å². The van der Waals surface area contributed by atoms with Crippen LogP contribution in [-0.4, -0.2) is 105 Å². The molecule has 1 aromatic heterocycles. The molecule has 0 radical (unpaired) electrons. The lowest BCUT2D eigenvalue weighted by Gasteiger charge is -2.35. The van der Waals surface area contributed by atoms with Crippen LogP contribution in [-0.2, 0) is 41.9 Å². The molecule has 3 atom stereocenters. The number of alkyl carbamates (subject to hydrolysis) is 1. The van der Waals surface area contributed by atoms with E-state index in [2.05, 4.69) is 26.6 Å². The fraction of sp³-hybridized carbons (Fsp3) is 0.390. The van der Waals surface area contributed by atoms with Gasteiger partial charge in [-0.1, -0.05) is 106 Å². The third-order valence-corrected chi connectivity index (χ3v) is 13.6. The molecular formula is C59H71ClN10O10. The highest BCUT2D eigenvalue weighted by atomic mass is 35.5. The van der Waals surface area contributed by atoms with E-state index in [9.17, 15) is 43.2 Å². The summed E-state index contributed by atoms with van der Waals surface area (Å²) in [5, 5.41) is 14.4. The molecule has 20 nitrogen and oxygen atoms in total. The second kappa shape index (κ2) is 29.5. The number of carbonyl (C=O) groups excluding carboxylic acids is 8. The van der Waals surface area contributed by atoms with Crippen molar-refractivity contribution in [2.24, 2.45) is 17.6 Å². The number of nitrogens with zero attached hydrogens (tertiary/aromatic N) is 4. The van der Waals surface area contributed by atoms with Gasteiger partial charge in [0, 0.05) is 61.0 Å². The number of carbonyl (C=O) groups is 8. The van der Waals surface area contributed by atoms with Gasteiger partial charge in [-0.25, -0.2) is 14.6 Å². The number of benzene rings is 4. The second-order valence-electron chi connectivity index (χ2n) is 20.4. The van der Waals surface area contributed by atoms with Crippen LogP contribution in [0, 0.1) is 18.8 Å². The fourth-order valence-electron chi connectivity index (χ4n) is 9.15. The number of fused-ring (bicyclic) bond motifs is 1. The van der Waals surface area contributed by atoms with Gasteiger partial charge in [-0.15, -0.1) is 0 Å². The van der Waals surface area contributed by atoms with Crippen LogP contribution in [0.3, 0.4) is 0 Å². The molecular weight excluding hydrogens is 1040 g/mol. The van der Waals surface area contributed by atoms with Gasteiger partial charge in [0.05, 0.1) is 23.5 Å². The summed E-state index contributed by atoms with van der Waals surface area (Å²) in [7, 11) is 0. The maximum atomic E-state index is 14.6. The van der Waals surface area contributed by atoms with Crippen molar-refractivity contribution in [3.05, 3.63) is 153 Å². The number of anilines is 1. The molecule has 1 aliphatic heterocycles. The van der Waals surface area contributed by atoms with E-state index >= 15 is 0 Å². The van der Waals surface area contributed by atoms with Crippen molar-refractivity contribution < 1.29 is 43.1 Å². The third-order valence-electron chi connectivity index (χ3n) is 13.4. The maximum absolute atomic E-state index is 14.6. The number of urea groups is 1. The number of unbranched alkanes of at least 4 members (excludes halogenated alkanes) is 2. The first-order chi connectivity index (χ1) is 38.3. The zero-order valence-electron chi connectivity index (χ0n) is 45.8. The van der Waals surface area contributed by atoms with Crippen molar-refractivity contribution in [2.75, 3.05) is 31.5 Å². The van der Waals surface area contributed by atoms with Crippen LogP contribution in [0.25, 0.3) is 10.9 Å². The van der Waals surface area contributed by atoms with Crippen LogP contribution in [0.1, 0.15) is 112 Å². The molecule has 9 amide bonds. The second-order valence-corrected chi connectivity index (χ2v) is 20.8. The first-order valence-corrected chi connectivity index (χ1v) is 27.3. The van der Waals surface area contributed by atoms with Gasteiger partial charge < -0.3 is 42.0 Å². The number of nitrogens with one attached hydrogen (secondary N) is 5. The Bertz CT molecular complexity index is 3080. The number of ether oxygens (including phenoxy) is 1. The Balaban J connectivity index is 1.05. The molecule has 0 aliphatic carbocycles. The van der Waals surface area contributed by atoms with E-state index in [0.29, 0.717) is 64.2 Å². The third kappa shape index (κ3) is 17.6. The van der Waals surface area contributed by atoms with Crippen LogP contribution in [0.4, 0.5) is 15.3 Å². The van der Waals surface area contributed by atoms with Gasteiger partial charge >= 0.3 is 12.1 Å². The zero-order valence-corrected chi connectivity index (χ0v) is 46.6. The lowest BCUT2D eigenvalue weighted by molar-refractivity contribution is -0.137. The minimum absolute atomic E-state index is 0.105. The van der Waals surface area contributed by atoms with Gasteiger partial charge in [-0.2, -0.15) is 0 Å². The van der Waals surface area contributed by atoms with Crippen LogP contribution in [0.5, 0.6) is 0 Å². The first kappa shape index (κ1) is 60.8. The van der Waals surface area contributed by atoms with E-state index < -0.39 is 42.1 Å². The Kier molecular flexibility index (Phi) is 22.5. The van der Waals surface area contributed by atoms with Crippen molar-refractivity contribution in [1.29, 1.82) is 0 Å². The Morgan fingerprint density at radius 3 is 2.09 bits per heavy atom.